The summed E-state index contributed by atoms with van der Waals surface area (Å²) in [5.74, 6) is 0.517. The minimum atomic E-state index is -0.400. The first-order valence-electron chi connectivity index (χ1n) is 6.56. The maximum absolute atomic E-state index is 12.1. The van der Waals surface area contributed by atoms with Gasteiger partial charge in [-0.2, -0.15) is 5.10 Å². The molecule has 120 valence electrons. The monoisotopic (exact) mass is 352 g/mol. The molecule has 0 fully saturated rings. The second kappa shape index (κ2) is 7.85. The van der Waals surface area contributed by atoms with E-state index in [-0.39, 0.29) is 0 Å². The lowest BCUT2D eigenvalue weighted by Gasteiger charge is -2.08. The number of nitrogens with one attached hydrogen (secondary N) is 1. The number of carbonyl (C=O) groups excluding carboxylic acids is 1. The standard InChI is InChI=1S/C16H14Cl2N2O3/c1-22-14-6-4-3-5-11(14)16(21)20-19-9-12-13(18)7-10(17)8-15(12)23-2/h3-9H,1-2H3,(H,20,21)/b19-9-. The maximum atomic E-state index is 12.1. The number of hydrogen-bond donors (Lipinski definition) is 1. The minimum absolute atomic E-state index is 0.365. The number of hydrazone groups is 1. The van der Waals surface area contributed by atoms with Gasteiger partial charge in [0.1, 0.15) is 11.5 Å². The number of methoxy groups -OCH3 is 2. The van der Waals surface area contributed by atoms with Crippen LogP contribution in [0.1, 0.15) is 15.9 Å². The van der Waals surface area contributed by atoms with E-state index in [1.807, 2.05) is 0 Å². The zero-order chi connectivity index (χ0) is 16.8. The fourth-order valence-corrected chi connectivity index (χ4v) is 2.43. The van der Waals surface area contributed by atoms with Gasteiger partial charge in [-0.15, -0.1) is 0 Å². The Morgan fingerprint density at radius 1 is 1.13 bits per heavy atom. The van der Waals surface area contributed by atoms with E-state index >= 15 is 0 Å². The highest BCUT2D eigenvalue weighted by molar-refractivity contribution is 6.36. The molecule has 5 nitrogen and oxygen atoms in total. The molecular formula is C16H14Cl2N2O3. The van der Waals surface area contributed by atoms with Gasteiger partial charge in [-0.3, -0.25) is 4.79 Å². The van der Waals surface area contributed by atoms with Gasteiger partial charge in [0.2, 0.25) is 0 Å². The molecule has 7 heteroatoms. The number of ether oxygens (including phenoxy) is 2. The molecule has 23 heavy (non-hydrogen) atoms. The van der Waals surface area contributed by atoms with E-state index in [9.17, 15) is 4.79 Å². The third kappa shape index (κ3) is 4.15. The normalized spacial score (nSPS) is 10.6. The van der Waals surface area contributed by atoms with Crippen LogP contribution in [0.4, 0.5) is 0 Å². The van der Waals surface area contributed by atoms with Gasteiger partial charge in [0.15, 0.2) is 0 Å². The number of para-hydroxylation sites is 1. The molecule has 0 spiro atoms. The Morgan fingerprint density at radius 2 is 1.83 bits per heavy atom. The van der Waals surface area contributed by atoms with Gasteiger partial charge in [0.05, 0.1) is 36.6 Å². The molecule has 0 aliphatic carbocycles. The SMILES string of the molecule is COc1ccccc1C(=O)N/N=C\c1c(Cl)cc(Cl)cc1OC. The van der Waals surface area contributed by atoms with Crippen molar-refractivity contribution in [2.45, 2.75) is 0 Å². The van der Waals surface area contributed by atoms with Crippen molar-refractivity contribution in [2.24, 2.45) is 5.10 Å². The molecule has 0 aliphatic rings. The molecule has 2 rings (SSSR count). The van der Waals surface area contributed by atoms with E-state index in [0.717, 1.165) is 0 Å². The predicted octanol–water partition coefficient (Wildman–Crippen LogP) is 3.77. The van der Waals surface area contributed by atoms with E-state index in [0.29, 0.717) is 32.7 Å². The molecule has 0 aromatic heterocycles. The Morgan fingerprint density at radius 3 is 2.52 bits per heavy atom. The summed E-state index contributed by atoms with van der Waals surface area (Å²) in [6.07, 6.45) is 1.39. The lowest BCUT2D eigenvalue weighted by Crippen LogP contribution is -2.18. The molecule has 2 aromatic rings. The van der Waals surface area contributed by atoms with Crippen LogP contribution in [-0.4, -0.2) is 26.3 Å². The number of nitrogens with zero attached hydrogens (tertiary/aromatic N) is 1. The molecule has 0 heterocycles. The molecule has 1 N–H and O–H groups in total. The zero-order valence-corrected chi connectivity index (χ0v) is 14.0. The molecule has 0 bridgehead atoms. The second-order valence-corrected chi connectivity index (χ2v) is 5.25. The van der Waals surface area contributed by atoms with Crippen molar-refractivity contribution in [1.29, 1.82) is 0 Å². The third-order valence-corrected chi connectivity index (χ3v) is 3.52. The number of rotatable bonds is 5. The largest absolute Gasteiger partial charge is 0.496 e. The average Bonchev–Trinajstić information content (AvgIpc) is 2.56. The Bertz CT molecular complexity index is 748. The first-order valence-corrected chi connectivity index (χ1v) is 7.32. The van der Waals surface area contributed by atoms with Crippen LogP contribution in [0, 0.1) is 0 Å². The van der Waals surface area contributed by atoms with E-state index in [1.54, 1.807) is 36.4 Å². The molecule has 0 unspecified atom stereocenters. The number of benzene rings is 2. The minimum Gasteiger partial charge on any atom is -0.496 e. The molecule has 0 saturated heterocycles. The Balaban J connectivity index is 2.18. The summed E-state index contributed by atoms with van der Waals surface area (Å²) >= 11 is 12.0. The molecule has 0 atom stereocenters. The maximum Gasteiger partial charge on any atom is 0.275 e. The van der Waals surface area contributed by atoms with Gasteiger partial charge in [0.25, 0.3) is 5.91 Å². The van der Waals surface area contributed by atoms with Crippen LogP contribution in [0.15, 0.2) is 41.5 Å². The summed E-state index contributed by atoms with van der Waals surface area (Å²) in [4.78, 5) is 12.1. The highest BCUT2D eigenvalue weighted by atomic mass is 35.5. The number of amides is 1. The van der Waals surface area contributed by atoms with Gasteiger partial charge in [-0.05, 0) is 24.3 Å². The van der Waals surface area contributed by atoms with Crippen molar-refractivity contribution < 1.29 is 14.3 Å². The van der Waals surface area contributed by atoms with Crippen molar-refractivity contribution in [3.63, 3.8) is 0 Å². The third-order valence-electron chi connectivity index (χ3n) is 2.99. The number of hydrogen-bond acceptors (Lipinski definition) is 4. The van der Waals surface area contributed by atoms with Crippen molar-refractivity contribution in [3.05, 3.63) is 57.6 Å². The van der Waals surface area contributed by atoms with Gasteiger partial charge in [-0.25, -0.2) is 5.43 Å². The van der Waals surface area contributed by atoms with Crippen molar-refractivity contribution in [1.82, 2.24) is 5.43 Å². The van der Waals surface area contributed by atoms with Gasteiger partial charge >= 0.3 is 0 Å². The zero-order valence-electron chi connectivity index (χ0n) is 12.5. The van der Waals surface area contributed by atoms with E-state index in [2.05, 4.69) is 10.5 Å². The topological polar surface area (TPSA) is 59.9 Å². The number of halogens is 2. The van der Waals surface area contributed by atoms with Crippen LogP contribution in [0.3, 0.4) is 0 Å². The summed E-state index contributed by atoms with van der Waals surface area (Å²) in [5.41, 5.74) is 3.31. The van der Waals surface area contributed by atoms with Crippen LogP contribution in [-0.2, 0) is 0 Å². The van der Waals surface area contributed by atoms with Crippen molar-refractivity contribution >= 4 is 35.3 Å². The summed E-state index contributed by atoms with van der Waals surface area (Å²) in [6.45, 7) is 0. The van der Waals surface area contributed by atoms with E-state index in [4.69, 9.17) is 32.7 Å². The van der Waals surface area contributed by atoms with Crippen LogP contribution < -0.4 is 14.9 Å². The fourth-order valence-electron chi connectivity index (χ4n) is 1.90. The molecular weight excluding hydrogens is 339 g/mol. The lowest BCUT2D eigenvalue weighted by molar-refractivity contribution is 0.0952. The molecule has 2 aromatic carbocycles. The quantitative estimate of drug-likeness (QED) is 0.658. The second-order valence-electron chi connectivity index (χ2n) is 4.40. The van der Waals surface area contributed by atoms with E-state index < -0.39 is 5.91 Å². The van der Waals surface area contributed by atoms with Crippen LogP contribution in [0.25, 0.3) is 0 Å². The smallest absolute Gasteiger partial charge is 0.275 e. The van der Waals surface area contributed by atoms with Crippen LogP contribution in [0.2, 0.25) is 10.0 Å². The van der Waals surface area contributed by atoms with Crippen LogP contribution in [0.5, 0.6) is 11.5 Å². The summed E-state index contributed by atoms with van der Waals surface area (Å²) < 4.78 is 10.3. The Kier molecular flexibility index (Phi) is 5.84. The first-order chi connectivity index (χ1) is 11.1. The lowest BCUT2D eigenvalue weighted by atomic mass is 10.2. The molecule has 1 amide bonds. The number of carbonyl (C=O) groups is 1. The Labute approximate surface area is 143 Å². The highest BCUT2D eigenvalue weighted by Gasteiger charge is 2.11. The van der Waals surface area contributed by atoms with Crippen molar-refractivity contribution in [2.75, 3.05) is 14.2 Å². The van der Waals surface area contributed by atoms with Gasteiger partial charge in [-0.1, -0.05) is 35.3 Å². The molecule has 0 radical (unpaired) electrons. The van der Waals surface area contributed by atoms with Crippen LogP contribution >= 0.6 is 23.2 Å². The highest BCUT2D eigenvalue weighted by Crippen LogP contribution is 2.29. The summed E-state index contributed by atoms with van der Waals surface area (Å²) in [7, 11) is 2.99. The van der Waals surface area contributed by atoms with Crippen molar-refractivity contribution in [3.8, 4) is 11.5 Å². The van der Waals surface area contributed by atoms with E-state index in [1.165, 1.54) is 20.4 Å². The fraction of sp³-hybridized carbons (Fsp3) is 0.125. The summed E-state index contributed by atoms with van der Waals surface area (Å²) in [6, 6.07) is 10.0. The summed E-state index contributed by atoms with van der Waals surface area (Å²) in [5, 5.41) is 4.72. The average molecular weight is 353 g/mol. The predicted molar refractivity (Wildman–Crippen MR) is 91.1 cm³/mol. The molecule has 0 aliphatic heterocycles. The van der Waals surface area contributed by atoms with Gasteiger partial charge in [0, 0.05) is 5.02 Å². The van der Waals surface area contributed by atoms with Gasteiger partial charge < -0.3 is 9.47 Å². The molecule has 0 saturated carbocycles. The first kappa shape index (κ1) is 17.1. The Hall–Kier alpha value is -2.24.